The van der Waals surface area contributed by atoms with Crippen LogP contribution in [0.5, 0.6) is 0 Å². The average Bonchev–Trinajstić information content (AvgIpc) is 3.15. The Balaban J connectivity index is 1.62. The Hall–Kier alpha value is -1.17. The zero-order chi connectivity index (χ0) is 13.7. The largest absolute Gasteiger partial charge is 0.323 e. The fraction of sp³-hybridized carbons (Fsp3) is 0.429. The molecule has 2 aliphatic heterocycles. The molecule has 2 fully saturated rings. The Morgan fingerprint density at radius 3 is 3.10 bits per heavy atom. The lowest BCUT2D eigenvalue weighted by Crippen LogP contribution is -2.32. The first-order valence-electron chi connectivity index (χ1n) is 6.81. The van der Waals surface area contributed by atoms with Gasteiger partial charge in [0.25, 0.3) is 0 Å². The second kappa shape index (κ2) is 4.69. The van der Waals surface area contributed by atoms with E-state index >= 15 is 0 Å². The summed E-state index contributed by atoms with van der Waals surface area (Å²) in [5.41, 5.74) is 3.21. The van der Waals surface area contributed by atoms with Crippen LogP contribution in [0.4, 0.5) is 5.69 Å². The first kappa shape index (κ1) is 12.6. The lowest BCUT2D eigenvalue weighted by molar-refractivity contribution is -0.120. The fourth-order valence-corrected chi connectivity index (χ4v) is 4.24. The predicted octanol–water partition coefficient (Wildman–Crippen LogP) is 3.03. The van der Waals surface area contributed by atoms with Crippen LogP contribution < -0.4 is 10.6 Å². The van der Waals surface area contributed by atoms with Crippen molar-refractivity contribution < 1.29 is 4.79 Å². The monoisotopic (exact) mass is 307 g/mol. The number of carbonyl (C=O) groups excluding carboxylic acids is 1. The van der Waals surface area contributed by atoms with Gasteiger partial charge in [0.05, 0.1) is 26.8 Å². The highest BCUT2D eigenvalue weighted by Gasteiger charge is 2.42. The number of thiazole rings is 1. The van der Waals surface area contributed by atoms with Crippen molar-refractivity contribution in [1.82, 2.24) is 10.3 Å². The molecular formula is C14H14ClN3OS. The lowest BCUT2D eigenvalue weighted by atomic mass is 9.88. The summed E-state index contributed by atoms with van der Waals surface area (Å²) >= 11 is 7.77. The summed E-state index contributed by atoms with van der Waals surface area (Å²) in [6, 6.07) is 4.59. The van der Waals surface area contributed by atoms with Crippen molar-refractivity contribution in [3.8, 4) is 0 Å². The fourth-order valence-electron chi connectivity index (χ4n) is 3.36. The maximum absolute atomic E-state index is 12.5. The molecule has 0 spiro atoms. The number of rotatable bonds is 2. The molecule has 20 heavy (non-hydrogen) atoms. The third kappa shape index (κ3) is 1.92. The minimum Gasteiger partial charge on any atom is -0.323 e. The number of nitrogens with zero attached hydrogens (tertiary/aromatic N) is 1. The van der Waals surface area contributed by atoms with E-state index in [1.807, 2.05) is 12.1 Å². The maximum Gasteiger partial charge on any atom is 0.229 e. The van der Waals surface area contributed by atoms with E-state index in [1.165, 1.54) is 6.42 Å². The molecule has 3 unspecified atom stereocenters. The Labute approximate surface area is 125 Å². The van der Waals surface area contributed by atoms with Crippen LogP contribution in [0, 0.1) is 5.92 Å². The van der Waals surface area contributed by atoms with Gasteiger partial charge in [-0.15, -0.1) is 11.3 Å². The number of aromatic nitrogens is 1. The summed E-state index contributed by atoms with van der Waals surface area (Å²) in [6.07, 6.45) is 3.22. The number of benzene rings is 1. The van der Waals surface area contributed by atoms with E-state index in [9.17, 15) is 4.79 Å². The second-order valence-electron chi connectivity index (χ2n) is 5.50. The van der Waals surface area contributed by atoms with Gasteiger partial charge in [-0.25, -0.2) is 4.98 Å². The van der Waals surface area contributed by atoms with Gasteiger partial charge in [0, 0.05) is 12.1 Å². The molecule has 0 radical (unpaired) electrons. The summed E-state index contributed by atoms with van der Waals surface area (Å²) in [4.78, 5) is 16.8. The zero-order valence-electron chi connectivity index (χ0n) is 10.7. The number of halogens is 1. The van der Waals surface area contributed by atoms with Crippen LogP contribution >= 0.6 is 22.9 Å². The molecule has 2 N–H and O–H groups in total. The molecule has 4 rings (SSSR count). The van der Waals surface area contributed by atoms with E-state index in [2.05, 4.69) is 15.6 Å². The SMILES string of the molecule is O=C(Nc1c(Cl)ccc2scnc12)C1CC2CCC1N2. The first-order chi connectivity index (χ1) is 9.72. The molecule has 3 heterocycles. The van der Waals surface area contributed by atoms with Gasteiger partial charge in [0.1, 0.15) is 5.52 Å². The second-order valence-corrected chi connectivity index (χ2v) is 6.79. The smallest absolute Gasteiger partial charge is 0.229 e. The van der Waals surface area contributed by atoms with E-state index in [0.29, 0.717) is 22.8 Å². The van der Waals surface area contributed by atoms with Crippen molar-refractivity contribution in [2.24, 2.45) is 5.92 Å². The third-order valence-corrected chi connectivity index (χ3v) is 5.45. The standard InChI is InChI=1S/C14H14ClN3OS/c15-9-2-4-11-13(16-6-20-11)12(9)18-14(19)8-5-7-1-3-10(8)17-7/h2,4,6-8,10,17H,1,3,5H2,(H,18,19). The van der Waals surface area contributed by atoms with Crippen molar-refractivity contribution in [2.45, 2.75) is 31.3 Å². The van der Waals surface area contributed by atoms with Crippen LogP contribution in [-0.2, 0) is 4.79 Å². The zero-order valence-corrected chi connectivity index (χ0v) is 12.3. The van der Waals surface area contributed by atoms with E-state index < -0.39 is 0 Å². The third-order valence-electron chi connectivity index (χ3n) is 4.34. The average molecular weight is 308 g/mol. The first-order valence-corrected chi connectivity index (χ1v) is 8.07. The van der Waals surface area contributed by atoms with Crippen LogP contribution in [0.15, 0.2) is 17.6 Å². The Bertz CT molecular complexity index is 686. The Morgan fingerprint density at radius 1 is 1.45 bits per heavy atom. The molecule has 0 saturated carbocycles. The summed E-state index contributed by atoms with van der Waals surface area (Å²) in [6.45, 7) is 0. The molecule has 1 amide bonds. The predicted molar refractivity (Wildman–Crippen MR) is 81.3 cm³/mol. The Morgan fingerprint density at radius 2 is 2.35 bits per heavy atom. The van der Waals surface area contributed by atoms with Gasteiger partial charge in [-0.05, 0) is 31.4 Å². The molecule has 4 nitrogen and oxygen atoms in total. The minimum atomic E-state index is 0.0544. The van der Waals surface area contributed by atoms with Crippen molar-refractivity contribution in [3.05, 3.63) is 22.7 Å². The van der Waals surface area contributed by atoms with Crippen LogP contribution in [0.25, 0.3) is 10.2 Å². The molecule has 2 bridgehead atoms. The van der Waals surface area contributed by atoms with Gasteiger partial charge >= 0.3 is 0 Å². The number of amides is 1. The molecular weight excluding hydrogens is 294 g/mol. The molecule has 2 aliphatic rings. The highest BCUT2D eigenvalue weighted by atomic mass is 35.5. The highest BCUT2D eigenvalue weighted by molar-refractivity contribution is 7.16. The minimum absolute atomic E-state index is 0.0544. The van der Waals surface area contributed by atoms with E-state index in [1.54, 1.807) is 16.8 Å². The number of hydrogen-bond donors (Lipinski definition) is 2. The molecule has 2 aromatic rings. The number of hydrogen-bond acceptors (Lipinski definition) is 4. The van der Waals surface area contributed by atoms with Gasteiger partial charge in [0.2, 0.25) is 5.91 Å². The maximum atomic E-state index is 12.5. The normalized spacial score (nSPS) is 28.1. The quantitative estimate of drug-likeness (QED) is 0.896. The summed E-state index contributed by atoms with van der Waals surface area (Å²) in [5.74, 6) is 0.116. The summed E-state index contributed by atoms with van der Waals surface area (Å²) in [7, 11) is 0. The van der Waals surface area contributed by atoms with Crippen molar-refractivity contribution in [3.63, 3.8) is 0 Å². The van der Waals surface area contributed by atoms with Crippen LogP contribution in [0.2, 0.25) is 5.02 Å². The van der Waals surface area contributed by atoms with Crippen molar-refractivity contribution >= 4 is 44.7 Å². The Kier molecular flexibility index (Phi) is 2.94. The molecule has 2 saturated heterocycles. The summed E-state index contributed by atoms with van der Waals surface area (Å²) in [5, 5.41) is 7.03. The molecule has 0 aliphatic carbocycles. The van der Waals surface area contributed by atoms with Gasteiger partial charge in [-0.1, -0.05) is 11.6 Å². The van der Waals surface area contributed by atoms with E-state index in [-0.39, 0.29) is 11.8 Å². The van der Waals surface area contributed by atoms with Gasteiger partial charge in [-0.3, -0.25) is 4.79 Å². The number of carbonyl (C=O) groups is 1. The summed E-state index contributed by atoms with van der Waals surface area (Å²) < 4.78 is 1.04. The van der Waals surface area contributed by atoms with Crippen LogP contribution in [0.1, 0.15) is 19.3 Å². The van der Waals surface area contributed by atoms with Crippen LogP contribution in [0.3, 0.4) is 0 Å². The van der Waals surface area contributed by atoms with Gasteiger partial charge in [0.15, 0.2) is 0 Å². The van der Waals surface area contributed by atoms with E-state index in [4.69, 9.17) is 11.6 Å². The van der Waals surface area contributed by atoms with Crippen LogP contribution in [-0.4, -0.2) is 23.0 Å². The van der Waals surface area contributed by atoms with E-state index in [0.717, 1.165) is 23.1 Å². The van der Waals surface area contributed by atoms with Crippen molar-refractivity contribution in [2.75, 3.05) is 5.32 Å². The molecule has 6 heteroatoms. The van der Waals surface area contributed by atoms with Gasteiger partial charge in [-0.2, -0.15) is 0 Å². The lowest BCUT2D eigenvalue weighted by Gasteiger charge is -2.19. The van der Waals surface area contributed by atoms with Gasteiger partial charge < -0.3 is 10.6 Å². The number of nitrogens with one attached hydrogen (secondary N) is 2. The topological polar surface area (TPSA) is 54.0 Å². The highest BCUT2D eigenvalue weighted by Crippen LogP contribution is 2.36. The van der Waals surface area contributed by atoms with Crippen molar-refractivity contribution in [1.29, 1.82) is 0 Å². The number of anilines is 1. The number of fused-ring (bicyclic) bond motifs is 3. The molecule has 3 atom stereocenters. The molecule has 1 aromatic heterocycles. The molecule has 104 valence electrons. The molecule has 1 aromatic carbocycles.